The average Bonchev–Trinajstić information content (AvgIpc) is 2.39. The van der Waals surface area contributed by atoms with E-state index in [4.69, 9.17) is 9.84 Å². The van der Waals surface area contributed by atoms with Crippen molar-refractivity contribution in [2.45, 2.75) is 26.4 Å². The van der Waals surface area contributed by atoms with Gasteiger partial charge in [-0.1, -0.05) is 32.0 Å². The second-order valence-corrected chi connectivity index (χ2v) is 4.45. The van der Waals surface area contributed by atoms with Crippen molar-refractivity contribution in [3.05, 3.63) is 53.7 Å². The van der Waals surface area contributed by atoms with Gasteiger partial charge >= 0.3 is 0 Å². The molecule has 1 heterocycles. The molecule has 0 saturated carbocycles. The molecule has 0 amide bonds. The van der Waals surface area contributed by atoms with E-state index in [9.17, 15) is 0 Å². The molecule has 0 radical (unpaired) electrons. The number of ether oxygens (including phenoxy) is 1. The number of pyridine rings is 1. The lowest BCUT2D eigenvalue weighted by atomic mass is 10.0. The Hall–Kier alpha value is -1.87. The molecule has 0 atom stereocenters. The zero-order valence-corrected chi connectivity index (χ0v) is 10.6. The first-order valence-corrected chi connectivity index (χ1v) is 6.03. The molecule has 0 spiro atoms. The SMILES string of the molecule is CC(C)c1ccc(Oc2cccc(CO)n2)cc1. The van der Waals surface area contributed by atoms with Crippen LogP contribution in [0.2, 0.25) is 0 Å². The summed E-state index contributed by atoms with van der Waals surface area (Å²) in [5, 5.41) is 9.01. The van der Waals surface area contributed by atoms with Gasteiger partial charge in [0.1, 0.15) is 5.75 Å². The Morgan fingerprint density at radius 2 is 1.83 bits per heavy atom. The maximum Gasteiger partial charge on any atom is 0.219 e. The van der Waals surface area contributed by atoms with E-state index in [1.54, 1.807) is 12.1 Å². The van der Waals surface area contributed by atoms with E-state index < -0.39 is 0 Å². The molecule has 0 aliphatic rings. The van der Waals surface area contributed by atoms with Gasteiger partial charge in [0.25, 0.3) is 0 Å². The Morgan fingerprint density at radius 3 is 2.44 bits per heavy atom. The van der Waals surface area contributed by atoms with Crippen LogP contribution >= 0.6 is 0 Å². The molecule has 1 N–H and O–H groups in total. The Labute approximate surface area is 107 Å². The number of nitrogens with zero attached hydrogens (tertiary/aromatic N) is 1. The molecule has 0 unspecified atom stereocenters. The summed E-state index contributed by atoms with van der Waals surface area (Å²) >= 11 is 0. The van der Waals surface area contributed by atoms with Crippen LogP contribution in [0, 0.1) is 0 Å². The summed E-state index contributed by atoms with van der Waals surface area (Å²) in [6.45, 7) is 4.23. The summed E-state index contributed by atoms with van der Waals surface area (Å²) in [5.41, 5.74) is 1.88. The van der Waals surface area contributed by atoms with Crippen molar-refractivity contribution in [1.29, 1.82) is 0 Å². The lowest BCUT2D eigenvalue weighted by Crippen LogP contribution is -1.93. The molecular weight excluding hydrogens is 226 g/mol. The highest BCUT2D eigenvalue weighted by molar-refractivity contribution is 5.31. The molecule has 0 aliphatic heterocycles. The molecule has 94 valence electrons. The van der Waals surface area contributed by atoms with Gasteiger partial charge in [-0.15, -0.1) is 0 Å². The fourth-order valence-electron chi connectivity index (χ4n) is 1.64. The average molecular weight is 243 g/mol. The van der Waals surface area contributed by atoms with Crippen LogP contribution in [-0.4, -0.2) is 10.1 Å². The summed E-state index contributed by atoms with van der Waals surface area (Å²) in [5.74, 6) is 1.76. The normalized spacial score (nSPS) is 10.7. The Balaban J connectivity index is 2.13. The van der Waals surface area contributed by atoms with E-state index in [2.05, 4.69) is 31.0 Å². The van der Waals surface area contributed by atoms with Gasteiger partial charge in [0.15, 0.2) is 0 Å². The number of aliphatic hydroxyl groups is 1. The molecule has 2 aromatic rings. The minimum absolute atomic E-state index is 0.0799. The second-order valence-electron chi connectivity index (χ2n) is 4.45. The minimum Gasteiger partial charge on any atom is -0.439 e. The van der Waals surface area contributed by atoms with E-state index in [1.165, 1.54) is 5.56 Å². The van der Waals surface area contributed by atoms with Gasteiger partial charge in [-0.05, 0) is 29.7 Å². The monoisotopic (exact) mass is 243 g/mol. The third kappa shape index (κ3) is 3.08. The van der Waals surface area contributed by atoms with Gasteiger partial charge < -0.3 is 9.84 Å². The second kappa shape index (κ2) is 5.65. The number of rotatable bonds is 4. The molecule has 2 rings (SSSR count). The van der Waals surface area contributed by atoms with Crippen LogP contribution in [0.25, 0.3) is 0 Å². The first-order chi connectivity index (χ1) is 8.69. The summed E-state index contributed by atoms with van der Waals surface area (Å²) in [4.78, 5) is 4.17. The fraction of sp³-hybridized carbons (Fsp3) is 0.267. The standard InChI is InChI=1S/C15H17NO2/c1-11(2)12-6-8-14(9-7-12)18-15-5-3-4-13(10-17)16-15/h3-9,11,17H,10H2,1-2H3. The Kier molecular flexibility index (Phi) is 3.95. The lowest BCUT2D eigenvalue weighted by Gasteiger charge is -2.08. The van der Waals surface area contributed by atoms with Crippen molar-refractivity contribution >= 4 is 0 Å². The summed E-state index contributed by atoms with van der Waals surface area (Å²) in [7, 11) is 0. The third-order valence-electron chi connectivity index (χ3n) is 2.71. The molecule has 1 aromatic carbocycles. The van der Waals surface area contributed by atoms with Gasteiger partial charge in [-0.25, -0.2) is 4.98 Å². The van der Waals surface area contributed by atoms with Gasteiger partial charge in [0.05, 0.1) is 12.3 Å². The topological polar surface area (TPSA) is 42.4 Å². The van der Waals surface area contributed by atoms with Crippen LogP contribution < -0.4 is 4.74 Å². The van der Waals surface area contributed by atoms with Crippen molar-refractivity contribution in [2.75, 3.05) is 0 Å². The van der Waals surface area contributed by atoms with E-state index in [0.717, 1.165) is 5.75 Å². The van der Waals surface area contributed by atoms with Gasteiger partial charge in [-0.3, -0.25) is 0 Å². The van der Waals surface area contributed by atoms with Gasteiger partial charge in [-0.2, -0.15) is 0 Å². The third-order valence-corrected chi connectivity index (χ3v) is 2.71. The van der Waals surface area contributed by atoms with Gasteiger partial charge in [0.2, 0.25) is 5.88 Å². The number of hydrogen-bond donors (Lipinski definition) is 1. The van der Waals surface area contributed by atoms with Crippen molar-refractivity contribution in [3.63, 3.8) is 0 Å². The number of aromatic nitrogens is 1. The van der Waals surface area contributed by atoms with Gasteiger partial charge in [0, 0.05) is 6.07 Å². The van der Waals surface area contributed by atoms with Crippen molar-refractivity contribution in [1.82, 2.24) is 4.98 Å². The first kappa shape index (κ1) is 12.6. The largest absolute Gasteiger partial charge is 0.439 e. The number of aliphatic hydroxyl groups excluding tert-OH is 1. The fourth-order valence-corrected chi connectivity index (χ4v) is 1.64. The zero-order valence-electron chi connectivity index (χ0n) is 10.6. The van der Waals surface area contributed by atoms with Crippen LogP contribution in [0.15, 0.2) is 42.5 Å². The van der Waals surface area contributed by atoms with E-state index in [-0.39, 0.29) is 6.61 Å². The van der Waals surface area contributed by atoms with Crippen molar-refractivity contribution in [3.8, 4) is 11.6 Å². The van der Waals surface area contributed by atoms with Crippen LogP contribution in [0.4, 0.5) is 0 Å². The van der Waals surface area contributed by atoms with E-state index in [1.807, 2.05) is 18.2 Å². The van der Waals surface area contributed by atoms with Crippen molar-refractivity contribution < 1.29 is 9.84 Å². The first-order valence-electron chi connectivity index (χ1n) is 6.03. The molecule has 3 heteroatoms. The number of benzene rings is 1. The molecule has 0 fully saturated rings. The molecular formula is C15H17NO2. The molecule has 0 saturated heterocycles. The predicted octanol–water partition coefficient (Wildman–Crippen LogP) is 3.49. The van der Waals surface area contributed by atoms with Crippen LogP contribution in [0.3, 0.4) is 0 Å². The summed E-state index contributed by atoms with van der Waals surface area (Å²) in [6, 6.07) is 13.3. The highest BCUT2D eigenvalue weighted by Crippen LogP contribution is 2.22. The highest BCUT2D eigenvalue weighted by Gasteiger charge is 2.02. The van der Waals surface area contributed by atoms with Crippen LogP contribution in [-0.2, 0) is 6.61 Å². The minimum atomic E-state index is -0.0799. The maximum atomic E-state index is 9.01. The predicted molar refractivity (Wildman–Crippen MR) is 70.8 cm³/mol. The molecule has 3 nitrogen and oxygen atoms in total. The molecule has 0 aliphatic carbocycles. The summed E-state index contributed by atoms with van der Waals surface area (Å²) in [6.07, 6.45) is 0. The maximum absolute atomic E-state index is 9.01. The molecule has 1 aromatic heterocycles. The smallest absolute Gasteiger partial charge is 0.219 e. The van der Waals surface area contributed by atoms with Crippen LogP contribution in [0.5, 0.6) is 11.6 Å². The quantitative estimate of drug-likeness (QED) is 0.893. The lowest BCUT2D eigenvalue weighted by molar-refractivity contribution is 0.275. The molecule has 0 bridgehead atoms. The van der Waals surface area contributed by atoms with Crippen LogP contribution in [0.1, 0.15) is 31.0 Å². The van der Waals surface area contributed by atoms with E-state index >= 15 is 0 Å². The van der Waals surface area contributed by atoms with Crippen molar-refractivity contribution in [2.24, 2.45) is 0 Å². The number of hydrogen-bond acceptors (Lipinski definition) is 3. The summed E-state index contributed by atoms with van der Waals surface area (Å²) < 4.78 is 5.63. The van der Waals surface area contributed by atoms with E-state index in [0.29, 0.717) is 17.5 Å². The zero-order chi connectivity index (χ0) is 13.0. The Bertz CT molecular complexity index is 506. The molecule has 18 heavy (non-hydrogen) atoms. The highest BCUT2D eigenvalue weighted by atomic mass is 16.5. The Morgan fingerprint density at radius 1 is 1.11 bits per heavy atom.